The normalized spacial score (nSPS) is 22.0. The molecule has 2 fully saturated rings. The fourth-order valence-electron chi connectivity index (χ4n) is 3.36. The van der Waals surface area contributed by atoms with Gasteiger partial charge in [-0.1, -0.05) is 0 Å². The molecule has 26 heavy (non-hydrogen) atoms. The Bertz CT molecular complexity index is 639. The average molecular weight is 374 g/mol. The Balaban J connectivity index is 1.62. The third kappa shape index (κ3) is 4.45. The van der Waals surface area contributed by atoms with Crippen LogP contribution in [0.1, 0.15) is 24.8 Å². The van der Waals surface area contributed by atoms with Crippen molar-refractivity contribution in [2.45, 2.75) is 31.5 Å². The predicted octanol–water partition coefficient (Wildman–Crippen LogP) is 3.64. The Morgan fingerprint density at radius 2 is 2.00 bits per heavy atom. The summed E-state index contributed by atoms with van der Waals surface area (Å²) in [5, 5.41) is 11.2. The number of rotatable bonds is 5. The van der Waals surface area contributed by atoms with Crippen molar-refractivity contribution in [3.8, 4) is 0 Å². The number of halogens is 3. The molecule has 2 saturated heterocycles. The van der Waals surface area contributed by atoms with E-state index in [1.54, 1.807) is 4.90 Å². The predicted molar refractivity (Wildman–Crippen MR) is 88.2 cm³/mol. The molecule has 1 aromatic carbocycles. The minimum atomic E-state index is -4.60. The number of anilines is 1. The lowest BCUT2D eigenvalue weighted by Crippen LogP contribution is -2.38. The highest BCUT2D eigenvalue weighted by atomic mass is 19.4. The fourth-order valence-corrected chi connectivity index (χ4v) is 3.36. The summed E-state index contributed by atoms with van der Waals surface area (Å²) in [6.07, 6.45) is -2.16. The smallest absolute Gasteiger partial charge is 0.381 e. The molecule has 0 bridgehead atoms. The van der Waals surface area contributed by atoms with Crippen molar-refractivity contribution in [3.63, 3.8) is 0 Å². The SMILES string of the molecule is O=[N+]([O-])c1cc(C(F)(F)F)ccc1N1CCC(OCC2CCOC2)CC1. The second kappa shape index (κ2) is 7.79. The summed E-state index contributed by atoms with van der Waals surface area (Å²) in [5.41, 5.74) is -1.29. The number of hydrogen-bond acceptors (Lipinski definition) is 5. The maximum Gasteiger partial charge on any atom is 0.416 e. The van der Waals surface area contributed by atoms with E-state index in [9.17, 15) is 23.3 Å². The third-order valence-electron chi connectivity index (χ3n) is 4.87. The molecule has 0 radical (unpaired) electrons. The molecule has 144 valence electrons. The molecule has 2 heterocycles. The number of alkyl halides is 3. The molecular weight excluding hydrogens is 353 g/mol. The molecule has 0 N–H and O–H groups in total. The van der Waals surface area contributed by atoms with Crippen molar-refractivity contribution in [2.75, 3.05) is 37.8 Å². The lowest BCUT2D eigenvalue weighted by atomic mass is 10.0. The Morgan fingerprint density at radius 3 is 2.58 bits per heavy atom. The van der Waals surface area contributed by atoms with Gasteiger partial charge < -0.3 is 14.4 Å². The fraction of sp³-hybridized carbons (Fsp3) is 0.647. The van der Waals surface area contributed by atoms with E-state index in [2.05, 4.69) is 0 Å². The molecule has 1 atom stereocenters. The summed E-state index contributed by atoms with van der Waals surface area (Å²) >= 11 is 0. The lowest BCUT2D eigenvalue weighted by Gasteiger charge is -2.33. The highest BCUT2D eigenvalue weighted by Crippen LogP contribution is 2.37. The Hall–Kier alpha value is -1.87. The largest absolute Gasteiger partial charge is 0.416 e. The lowest BCUT2D eigenvalue weighted by molar-refractivity contribution is -0.384. The van der Waals surface area contributed by atoms with Crippen molar-refractivity contribution in [2.24, 2.45) is 5.92 Å². The minimum absolute atomic E-state index is 0.0698. The van der Waals surface area contributed by atoms with Gasteiger partial charge in [0.2, 0.25) is 0 Å². The highest BCUT2D eigenvalue weighted by Gasteiger charge is 2.34. The van der Waals surface area contributed by atoms with Gasteiger partial charge in [0.25, 0.3) is 5.69 Å². The maximum absolute atomic E-state index is 12.8. The number of nitro benzene ring substituents is 1. The van der Waals surface area contributed by atoms with E-state index in [4.69, 9.17) is 9.47 Å². The van der Waals surface area contributed by atoms with Crippen molar-refractivity contribution >= 4 is 11.4 Å². The van der Waals surface area contributed by atoms with Crippen LogP contribution >= 0.6 is 0 Å². The molecular formula is C17H21F3N2O4. The summed E-state index contributed by atoms with van der Waals surface area (Å²) in [6.45, 7) is 3.15. The summed E-state index contributed by atoms with van der Waals surface area (Å²) in [7, 11) is 0. The molecule has 3 rings (SSSR count). The minimum Gasteiger partial charge on any atom is -0.381 e. The van der Waals surface area contributed by atoms with E-state index in [1.165, 1.54) is 6.07 Å². The van der Waals surface area contributed by atoms with Gasteiger partial charge >= 0.3 is 6.18 Å². The van der Waals surface area contributed by atoms with Gasteiger partial charge in [0.1, 0.15) is 5.69 Å². The maximum atomic E-state index is 12.8. The van der Waals surface area contributed by atoms with Gasteiger partial charge in [0, 0.05) is 31.7 Å². The first-order valence-corrected chi connectivity index (χ1v) is 8.64. The first-order chi connectivity index (χ1) is 12.3. The molecule has 0 aliphatic carbocycles. The van der Waals surface area contributed by atoms with E-state index in [0.717, 1.165) is 25.7 Å². The molecule has 1 aromatic rings. The number of hydrogen-bond donors (Lipinski definition) is 0. The van der Waals surface area contributed by atoms with Crippen LogP contribution in [0, 0.1) is 16.0 Å². The molecule has 2 aliphatic heterocycles. The molecule has 0 spiro atoms. The van der Waals surface area contributed by atoms with Crippen LogP contribution in [0.25, 0.3) is 0 Å². The van der Waals surface area contributed by atoms with E-state index in [1.807, 2.05) is 0 Å². The Kier molecular flexibility index (Phi) is 5.67. The van der Waals surface area contributed by atoms with Crippen molar-refractivity contribution in [1.29, 1.82) is 0 Å². The van der Waals surface area contributed by atoms with Crippen LogP contribution in [0.15, 0.2) is 18.2 Å². The summed E-state index contributed by atoms with van der Waals surface area (Å²) in [6, 6.07) is 2.70. The van der Waals surface area contributed by atoms with Gasteiger partial charge in [0.15, 0.2) is 0 Å². The quantitative estimate of drug-likeness (QED) is 0.582. The first-order valence-electron chi connectivity index (χ1n) is 8.64. The van der Waals surface area contributed by atoms with E-state index < -0.39 is 22.4 Å². The Labute approximate surface area is 149 Å². The summed E-state index contributed by atoms with van der Waals surface area (Å²) < 4.78 is 49.6. The van der Waals surface area contributed by atoms with Crippen molar-refractivity contribution in [1.82, 2.24) is 0 Å². The third-order valence-corrected chi connectivity index (χ3v) is 4.87. The molecule has 0 amide bonds. The van der Waals surface area contributed by atoms with Crippen molar-refractivity contribution in [3.05, 3.63) is 33.9 Å². The summed E-state index contributed by atoms with van der Waals surface area (Å²) in [5.74, 6) is 0.420. The van der Waals surface area contributed by atoms with E-state index in [0.29, 0.717) is 44.5 Å². The van der Waals surface area contributed by atoms with Crippen LogP contribution in [-0.2, 0) is 15.7 Å². The first kappa shape index (κ1) is 18.9. The molecule has 2 aliphatic rings. The second-order valence-corrected chi connectivity index (χ2v) is 6.71. The molecule has 6 nitrogen and oxygen atoms in total. The average Bonchev–Trinajstić information content (AvgIpc) is 3.12. The van der Waals surface area contributed by atoms with Gasteiger partial charge in [-0.3, -0.25) is 10.1 Å². The molecule has 9 heteroatoms. The standard InChI is InChI=1S/C17H21F3N2O4/c18-17(19,20)13-1-2-15(16(9-13)22(23)24)21-6-3-14(4-7-21)26-11-12-5-8-25-10-12/h1-2,9,12,14H,3-8,10-11H2. The van der Waals surface area contributed by atoms with Crippen molar-refractivity contribution < 1.29 is 27.6 Å². The number of ether oxygens (including phenoxy) is 2. The van der Waals surface area contributed by atoms with E-state index in [-0.39, 0.29) is 11.8 Å². The van der Waals surface area contributed by atoms with Gasteiger partial charge in [0.05, 0.1) is 29.8 Å². The van der Waals surface area contributed by atoms with Crippen LogP contribution in [0.2, 0.25) is 0 Å². The zero-order valence-electron chi connectivity index (χ0n) is 14.2. The number of benzene rings is 1. The van der Waals surface area contributed by atoms with Crippen LogP contribution in [0.5, 0.6) is 0 Å². The molecule has 1 unspecified atom stereocenters. The number of nitro groups is 1. The van der Waals surface area contributed by atoms with E-state index >= 15 is 0 Å². The molecule has 0 aromatic heterocycles. The number of piperidine rings is 1. The van der Waals surface area contributed by atoms with Crippen LogP contribution in [0.3, 0.4) is 0 Å². The van der Waals surface area contributed by atoms with Crippen LogP contribution < -0.4 is 4.90 Å². The zero-order valence-corrected chi connectivity index (χ0v) is 14.2. The van der Waals surface area contributed by atoms with Gasteiger partial charge in [-0.15, -0.1) is 0 Å². The van der Waals surface area contributed by atoms with Crippen LogP contribution in [0.4, 0.5) is 24.5 Å². The second-order valence-electron chi connectivity index (χ2n) is 6.71. The van der Waals surface area contributed by atoms with Gasteiger partial charge in [-0.25, -0.2) is 0 Å². The Morgan fingerprint density at radius 1 is 1.27 bits per heavy atom. The number of nitrogens with zero attached hydrogens (tertiary/aromatic N) is 2. The van der Waals surface area contributed by atoms with Crippen LogP contribution in [-0.4, -0.2) is 43.9 Å². The highest BCUT2D eigenvalue weighted by molar-refractivity contribution is 5.64. The van der Waals surface area contributed by atoms with Gasteiger partial charge in [-0.2, -0.15) is 13.2 Å². The topological polar surface area (TPSA) is 64.8 Å². The summed E-state index contributed by atoms with van der Waals surface area (Å²) in [4.78, 5) is 12.2. The molecule has 0 saturated carbocycles. The monoisotopic (exact) mass is 374 g/mol. The zero-order chi connectivity index (χ0) is 18.7. The van der Waals surface area contributed by atoms with Gasteiger partial charge in [-0.05, 0) is 31.4 Å².